The Hall–Kier alpha value is -1.44. The minimum atomic E-state index is 0.526. The molecule has 5 heteroatoms. The number of halogens is 1. The van der Waals surface area contributed by atoms with Crippen LogP contribution in [-0.4, -0.2) is 15.3 Å². The molecule has 2 aromatic rings. The molecule has 0 fully saturated rings. The lowest BCUT2D eigenvalue weighted by atomic mass is 10.3. The Bertz CT molecular complexity index is 527. The van der Waals surface area contributed by atoms with Crippen LogP contribution in [0.15, 0.2) is 41.8 Å². The van der Waals surface area contributed by atoms with Gasteiger partial charge in [-0.3, -0.25) is 4.57 Å². The summed E-state index contributed by atoms with van der Waals surface area (Å²) >= 11 is 7.42. The van der Waals surface area contributed by atoms with Crippen LogP contribution in [0.2, 0.25) is 5.02 Å². The Kier molecular flexibility index (Phi) is 4.08. The summed E-state index contributed by atoms with van der Waals surface area (Å²) in [7, 11) is 0. The quantitative estimate of drug-likeness (QED) is 0.626. The highest BCUT2D eigenvalue weighted by atomic mass is 35.5. The largest absolute Gasteiger partial charge is 0.295 e. The van der Waals surface area contributed by atoms with Gasteiger partial charge in [-0.25, -0.2) is 4.98 Å². The van der Waals surface area contributed by atoms with Crippen molar-refractivity contribution in [3.05, 3.63) is 41.7 Å². The molecule has 0 aliphatic rings. The molecule has 0 radical (unpaired) electrons. The molecular formula is C12H10ClN3S. The van der Waals surface area contributed by atoms with E-state index < -0.39 is 0 Å². The number of hydrogen-bond acceptors (Lipinski definition) is 3. The van der Waals surface area contributed by atoms with Gasteiger partial charge in [0.15, 0.2) is 5.16 Å². The third-order valence-corrected chi connectivity index (χ3v) is 3.38. The fourth-order valence-corrected chi connectivity index (χ4v) is 2.33. The molecule has 1 heterocycles. The fraction of sp³-hybridized carbons (Fsp3) is 0.167. The van der Waals surface area contributed by atoms with Gasteiger partial charge in [-0.1, -0.05) is 23.4 Å². The SMILES string of the molecule is N#CCCSc1nccn1-c1ccc(Cl)cc1. The number of imidazole rings is 1. The van der Waals surface area contributed by atoms with Crippen LogP contribution in [0.3, 0.4) is 0 Å². The summed E-state index contributed by atoms with van der Waals surface area (Å²) in [4.78, 5) is 4.27. The molecule has 1 aromatic carbocycles. The van der Waals surface area contributed by atoms with Crippen molar-refractivity contribution in [1.29, 1.82) is 5.26 Å². The van der Waals surface area contributed by atoms with Crippen molar-refractivity contribution in [2.45, 2.75) is 11.6 Å². The first-order chi connectivity index (χ1) is 8.31. The van der Waals surface area contributed by atoms with Gasteiger partial charge in [-0.15, -0.1) is 0 Å². The van der Waals surface area contributed by atoms with Crippen LogP contribution in [0, 0.1) is 11.3 Å². The van der Waals surface area contributed by atoms with E-state index in [0.29, 0.717) is 11.4 Å². The average molecular weight is 264 g/mol. The Balaban J connectivity index is 2.19. The van der Waals surface area contributed by atoms with Crippen molar-refractivity contribution < 1.29 is 0 Å². The highest BCUT2D eigenvalue weighted by Crippen LogP contribution is 2.21. The van der Waals surface area contributed by atoms with Gasteiger partial charge >= 0.3 is 0 Å². The fourth-order valence-electron chi connectivity index (χ4n) is 1.38. The van der Waals surface area contributed by atoms with E-state index in [1.54, 1.807) is 18.0 Å². The number of benzene rings is 1. The molecule has 0 bridgehead atoms. The van der Waals surface area contributed by atoms with Gasteiger partial charge in [-0.05, 0) is 24.3 Å². The maximum Gasteiger partial charge on any atom is 0.172 e. The zero-order valence-electron chi connectivity index (χ0n) is 9.01. The number of nitriles is 1. The standard InChI is InChI=1S/C12H10ClN3S/c13-10-2-4-11(5-3-10)16-8-7-15-12(16)17-9-1-6-14/h2-5,7-8H,1,9H2. The summed E-state index contributed by atoms with van der Waals surface area (Å²) in [5, 5.41) is 10.1. The number of hydrogen-bond donors (Lipinski definition) is 0. The molecule has 0 atom stereocenters. The topological polar surface area (TPSA) is 41.6 Å². The van der Waals surface area contributed by atoms with Crippen molar-refractivity contribution in [2.24, 2.45) is 0 Å². The average Bonchev–Trinajstić information content (AvgIpc) is 2.79. The van der Waals surface area contributed by atoms with Crippen LogP contribution < -0.4 is 0 Å². The summed E-state index contributed by atoms with van der Waals surface area (Å²) in [6.45, 7) is 0. The first kappa shape index (κ1) is 12.0. The highest BCUT2D eigenvalue weighted by molar-refractivity contribution is 7.99. The molecule has 3 nitrogen and oxygen atoms in total. The maximum atomic E-state index is 8.51. The van der Waals surface area contributed by atoms with Crippen molar-refractivity contribution in [1.82, 2.24) is 9.55 Å². The van der Waals surface area contributed by atoms with E-state index in [1.165, 1.54) is 0 Å². The van der Waals surface area contributed by atoms with Crippen molar-refractivity contribution in [3.8, 4) is 11.8 Å². The van der Waals surface area contributed by atoms with Gasteiger partial charge in [0, 0.05) is 35.3 Å². The summed E-state index contributed by atoms with van der Waals surface area (Å²) < 4.78 is 1.98. The molecule has 17 heavy (non-hydrogen) atoms. The zero-order valence-corrected chi connectivity index (χ0v) is 10.6. The highest BCUT2D eigenvalue weighted by Gasteiger charge is 2.05. The Morgan fingerprint density at radius 1 is 1.35 bits per heavy atom. The predicted molar refractivity (Wildman–Crippen MR) is 69.5 cm³/mol. The predicted octanol–water partition coefficient (Wildman–Crippen LogP) is 3.53. The smallest absolute Gasteiger partial charge is 0.172 e. The monoisotopic (exact) mass is 263 g/mol. The summed E-state index contributed by atoms with van der Waals surface area (Å²) in [6.07, 6.45) is 4.18. The Labute approximate surface area is 109 Å². The Morgan fingerprint density at radius 3 is 2.82 bits per heavy atom. The summed E-state index contributed by atoms with van der Waals surface area (Å²) in [5.74, 6) is 0.751. The van der Waals surface area contributed by atoms with Crippen LogP contribution in [0.1, 0.15) is 6.42 Å². The van der Waals surface area contributed by atoms with E-state index in [9.17, 15) is 0 Å². The molecule has 0 spiro atoms. The molecule has 0 aliphatic carbocycles. The summed E-state index contributed by atoms with van der Waals surface area (Å²) in [5.41, 5.74) is 1.02. The molecule has 0 amide bonds. The first-order valence-electron chi connectivity index (χ1n) is 5.10. The number of thioether (sulfide) groups is 1. The first-order valence-corrected chi connectivity index (χ1v) is 6.46. The molecule has 0 aliphatic heterocycles. The van der Waals surface area contributed by atoms with Gasteiger partial charge < -0.3 is 0 Å². The molecule has 0 saturated heterocycles. The molecule has 0 saturated carbocycles. The number of rotatable bonds is 4. The van der Waals surface area contributed by atoms with Gasteiger partial charge in [-0.2, -0.15) is 5.26 Å². The Morgan fingerprint density at radius 2 is 2.12 bits per heavy atom. The van der Waals surface area contributed by atoms with E-state index in [4.69, 9.17) is 16.9 Å². The summed E-state index contributed by atoms with van der Waals surface area (Å²) in [6, 6.07) is 9.70. The second-order valence-electron chi connectivity index (χ2n) is 3.31. The van der Waals surface area contributed by atoms with Gasteiger partial charge in [0.05, 0.1) is 6.07 Å². The minimum absolute atomic E-state index is 0.526. The molecule has 2 rings (SSSR count). The van der Waals surface area contributed by atoms with Crippen LogP contribution in [-0.2, 0) is 0 Å². The molecule has 1 aromatic heterocycles. The lowest BCUT2D eigenvalue weighted by Gasteiger charge is -2.06. The van der Waals surface area contributed by atoms with E-state index >= 15 is 0 Å². The van der Waals surface area contributed by atoms with Crippen LogP contribution in [0.4, 0.5) is 0 Å². The van der Waals surface area contributed by atoms with Crippen LogP contribution >= 0.6 is 23.4 Å². The second kappa shape index (κ2) is 5.76. The van der Waals surface area contributed by atoms with Gasteiger partial charge in [0.25, 0.3) is 0 Å². The van der Waals surface area contributed by atoms with Gasteiger partial charge in [0.1, 0.15) is 0 Å². The van der Waals surface area contributed by atoms with E-state index in [0.717, 1.165) is 16.6 Å². The molecular weight excluding hydrogens is 254 g/mol. The molecule has 0 N–H and O–H groups in total. The van der Waals surface area contributed by atoms with Crippen LogP contribution in [0.5, 0.6) is 0 Å². The third-order valence-electron chi connectivity index (χ3n) is 2.16. The molecule has 0 unspecified atom stereocenters. The van der Waals surface area contributed by atoms with Gasteiger partial charge in [0.2, 0.25) is 0 Å². The lowest BCUT2D eigenvalue weighted by Crippen LogP contribution is -1.95. The van der Waals surface area contributed by atoms with Crippen LogP contribution in [0.25, 0.3) is 5.69 Å². The second-order valence-corrected chi connectivity index (χ2v) is 4.81. The maximum absolute atomic E-state index is 8.51. The number of nitrogens with zero attached hydrogens (tertiary/aromatic N) is 3. The normalized spacial score (nSPS) is 10.1. The third kappa shape index (κ3) is 3.02. The van der Waals surface area contributed by atoms with Crippen molar-refractivity contribution in [3.63, 3.8) is 0 Å². The van der Waals surface area contributed by atoms with E-state index in [2.05, 4.69) is 11.1 Å². The van der Waals surface area contributed by atoms with E-state index in [-0.39, 0.29) is 0 Å². The lowest BCUT2D eigenvalue weighted by molar-refractivity contribution is 0.895. The van der Waals surface area contributed by atoms with Crippen molar-refractivity contribution in [2.75, 3.05) is 5.75 Å². The molecule has 86 valence electrons. The zero-order chi connectivity index (χ0) is 12.1. The van der Waals surface area contributed by atoms with E-state index in [1.807, 2.05) is 35.0 Å². The van der Waals surface area contributed by atoms with Crippen molar-refractivity contribution >= 4 is 23.4 Å². The number of aromatic nitrogens is 2. The minimum Gasteiger partial charge on any atom is -0.295 e.